The van der Waals surface area contributed by atoms with Gasteiger partial charge in [-0.2, -0.15) is 13.2 Å². The number of carbonyl (C=O) groups is 3. The van der Waals surface area contributed by atoms with E-state index >= 15 is 0 Å². The fourth-order valence-corrected chi connectivity index (χ4v) is 4.41. The summed E-state index contributed by atoms with van der Waals surface area (Å²) in [5.74, 6) is -4.11. The molecule has 1 aromatic carbocycles. The number of carbonyl (C=O) groups excluding carboxylic acids is 3. The van der Waals surface area contributed by atoms with Crippen molar-refractivity contribution in [3.05, 3.63) is 35.4 Å². The predicted octanol–water partition coefficient (Wildman–Crippen LogP) is 2.44. The number of piperidine rings is 1. The third kappa shape index (κ3) is 6.48. The van der Waals surface area contributed by atoms with Crippen molar-refractivity contribution >= 4 is 18.0 Å². The molecule has 0 bridgehead atoms. The largest absolute Gasteiger partial charge is 0.406 e. The van der Waals surface area contributed by atoms with Gasteiger partial charge in [0.15, 0.2) is 11.6 Å². The third-order valence-electron chi connectivity index (χ3n) is 6.07. The minimum atomic E-state index is -4.71. The molecule has 8 nitrogen and oxygen atoms in total. The Kier molecular flexibility index (Phi) is 7.82. The topological polar surface area (TPSA) is 108 Å². The second-order valence-electron chi connectivity index (χ2n) is 8.52. The Hall–Kier alpha value is -3.12. The molecular weight excluding hydrogens is 465 g/mol. The van der Waals surface area contributed by atoms with Gasteiger partial charge in [-0.05, 0) is 37.3 Å². The fraction of sp³-hybridized carbons (Fsp3) is 0.571. The van der Waals surface area contributed by atoms with Crippen molar-refractivity contribution in [3.8, 4) is 0 Å². The predicted molar refractivity (Wildman–Crippen MR) is 111 cm³/mol. The Balaban J connectivity index is 1.72. The summed E-state index contributed by atoms with van der Waals surface area (Å²) < 4.78 is 67.5. The van der Waals surface area contributed by atoms with Crippen molar-refractivity contribution in [1.82, 2.24) is 20.4 Å². The van der Waals surface area contributed by atoms with Crippen LogP contribution in [0.3, 0.4) is 0 Å². The second-order valence-corrected chi connectivity index (χ2v) is 8.52. The number of hydrogen-bond donors (Lipinski definition) is 3. The molecule has 3 rings (SSSR count). The zero-order chi connectivity index (χ0) is 25.0. The molecule has 0 aliphatic carbocycles. The molecule has 34 heavy (non-hydrogen) atoms. The lowest BCUT2D eigenvalue weighted by Crippen LogP contribution is -2.55. The first-order valence-electron chi connectivity index (χ1n) is 10.9. The molecule has 2 atom stereocenters. The molecule has 1 unspecified atom stereocenters. The number of nitrogens with two attached hydrogens (primary N) is 1. The van der Waals surface area contributed by atoms with Crippen molar-refractivity contribution in [2.24, 2.45) is 5.73 Å². The van der Waals surface area contributed by atoms with Crippen LogP contribution in [0.15, 0.2) is 18.2 Å². The lowest BCUT2D eigenvalue weighted by atomic mass is 9.93. The Morgan fingerprint density at radius 2 is 1.74 bits per heavy atom. The van der Waals surface area contributed by atoms with Gasteiger partial charge in [0.05, 0.1) is 0 Å². The van der Waals surface area contributed by atoms with E-state index in [1.807, 2.05) is 0 Å². The molecule has 0 radical (unpaired) electrons. The van der Waals surface area contributed by atoms with Gasteiger partial charge in [-0.3, -0.25) is 4.79 Å². The van der Waals surface area contributed by atoms with Crippen molar-refractivity contribution < 1.29 is 36.3 Å². The minimum Gasteiger partial charge on any atom is -0.352 e. The standard InChI is InChI=1S/C21H26F5N5O3/c22-15-3-1-2-14(17(15)23)12-4-5-16(18(32)31(10-12)11-21(24,25)26)29-20(34)30-8-6-13(7-9-30)28-19(27)33/h1-3,12-13,16H,4-11H2,(H,29,34)(H3,27,28,33)/t12-,16?/m1/s1. The molecule has 2 fully saturated rings. The number of amides is 5. The summed E-state index contributed by atoms with van der Waals surface area (Å²) >= 11 is 0. The van der Waals surface area contributed by atoms with E-state index < -0.39 is 60.8 Å². The van der Waals surface area contributed by atoms with Crippen LogP contribution in [0.5, 0.6) is 0 Å². The number of benzene rings is 1. The smallest absolute Gasteiger partial charge is 0.352 e. The summed E-state index contributed by atoms with van der Waals surface area (Å²) in [6.45, 7) is -1.53. The third-order valence-corrected chi connectivity index (χ3v) is 6.07. The summed E-state index contributed by atoms with van der Waals surface area (Å²) in [6, 6.07) is 0.675. The van der Waals surface area contributed by atoms with Gasteiger partial charge in [0.1, 0.15) is 12.6 Å². The van der Waals surface area contributed by atoms with E-state index in [4.69, 9.17) is 5.73 Å². The van der Waals surface area contributed by atoms with Gasteiger partial charge in [-0.1, -0.05) is 12.1 Å². The first-order chi connectivity index (χ1) is 15.9. The average Bonchev–Trinajstić information content (AvgIpc) is 2.89. The number of alkyl halides is 3. The highest BCUT2D eigenvalue weighted by molar-refractivity contribution is 5.87. The van der Waals surface area contributed by atoms with Gasteiger partial charge >= 0.3 is 18.2 Å². The number of primary amides is 1. The van der Waals surface area contributed by atoms with Crippen LogP contribution < -0.4 is 16.4 Å². The van der Waals surface area contributed by atoms with Crippen molar-refractivity contribution in [1.29, 1.82) is 0 Å². The number of nitrogens with one attached hydrogen (secondary N) is 2. The number of likely N-dealkylation sites (tertiary alicyclic amines) is 2. The van der Waals surface area contributed by atoms with Crippen LogP contribution in [0, 0.1) is 11.6 Å². The number of hydrogen-bond acceptors (Lipinski definition) is 3. The van der Waals surface area contributed by atoms with E-state index in [2.05, 4.69) is 10.6 Å². The summed E-state index contributed by atoms with van der Waals surface area (Å²) in [5.41, 5.74) is 4.97. The normalized spacial score (nSPS) is 22.3. The quantitative estimate of drug-likeness (QED) is 0.563. The van der Waals surface area contributed by atoms with Crippen LogP contribution in [0.25, 0.3) is 0 Å². The second kappa shape index (κ2) is 10.4. The Morgan fingerprint density at radius 1 is 1.06 bits per heavy atom. The van der Waals surface area contributed by atoms with Crippen molar-refractivity contribution in [2.75, 3.05) is 26.2 Å². The minimum absolute atomic E-state index is 0.0424. The maximum atomic E-state index is 14.3. The fourth-order valence-electron chi connectivity index (χ4n) is 4.41. The summed E-state index contributed by atoms with van der Waals surface area (Å²) in [7, 11) is 0. The lowest BCUT2D eigenvalue weighted by molar-refractivity contribution is -0.162. The molecular formula is C21H26F5N5O3. The van der Waals surface area contributed by atoms with Gasteiger partial charge < -0.3 is 26.2 Å². The van der Waals surface area contributed by atoms with E-state index in [1.165, 1.54) is 17.0 Å². The molecule has 0 saturated carbocycles. The lowest BCUT2D eigenvalue weighted by Gasteiger charge is -2.33. The van der Waals surface area contributed by atoms with Gasteiger partial charge in [0.2, 0.25) is 5.91 Å². The first kappa shape index (κ1) is 25.5. The molecule has 0 spiro atoms. The highest BCUT2D eigenvalue weighted by atomic mass is 19.4. The molecule has 0 aromatic heterocycles. The van der Waals surface area contributed by atoms with E-state index in [0.29, 0.717) is 17.7 Å². The van der Waals surface area contributed by atoms with Crippen molar-refractivity contribution in [2.45, 2.75) is 49.9 Å². The van der Waals surface area contributed by atoms with Crippen LogP contribution >= 0.6 is 0 Å². The average molecular weight is 491 g/mol. The van der Waals surface area contributed by atoms with E-state index in [0.717, 1.165) is 6.07 Å². The van der Waals surface area contributed by atoms with Gasteiger partial charge in [0.25, 0.3) is 0 Å². The molecule has 5 amide bonds. The molecule has 2 saturated heterocycles. The van der Waals surface area contributed by atoms with Crippen LogP contribution in [-0.2, 0) is 4.79 Å². The number of nitrogens with zero attached hydrogens (tertiary/aromatic N) is 2. The zero-order valence-electron chi connectivity index (χ0n) is 18.2. The van der Waals surface area contributed by atoms with Crippen LogP contribution in [0.4, 0.5) is 31.5 Å². The zero-order valence-corrected chi connectivity index (χ0v) is 18.2. The van der Waals surface area contributed by atoms with Gasteiger partial charge in [-0.25, -0.2) is 18.4 Å². The van der Waals surface area contributed by atoms with Crippen LogP contribution in [0.2, 0.25) is 0 Å². The van der Waals surface area contributed by atoms with Crippen LogP contribution in [-0.4, -0.2) is 72.2 Å². The summed E-state index contributed by atoms with van der Waals surface area (Å²) in [5, 5.41) is 5.05. The number of rotatable bonds is 4. The number of halogens is 5. The van der Waals surface area contributed by atoms with E-state index in [-0.39, 0.29) is 37.5 Å². The van der Waals surface area contributed by atoms with Gasteiger partial charge in [0, 0.05) is 31.6 Å². The highest BCUT2D eigenvalue weighted by Crippen LogP contribution is 2.31. The first-order valence-corrected chi connectivity index (χ1v) is 10.9. The Morgan fingerprint density at radius 3 is 2.35 bits per heavy atom. The molecule has 13 heteroatoms. The molecule has 4 N–H and O–H groups in total. The Bertz CT molecular complexity index is 921. The summed E-state index contributed by atoms with van der Waals surface area (Å²) in [4.78, 5) is 38.5. The summed E-state index contributed by atoms with van der Waals surface area (Å²) in [6.07, 6.45) is -3.84. The maximum Gasteiger partial charge on any atom is 0.406 e. The van der Waals surface area contributed by atoms with Gasteiger partial charge in [-0.15, -0.1) is 0 Å². The SMILES string of the molecule is NC(=O)NC1CCN(C(=O)NC2CC[C@@H](c3cccc(F)c3F)CN(CC(F)(F)F)C2=O)CC1. The highest BCUT2D eigenvalue weighted by Gasteiger charge is 2.40. The molecule has 188 valence electrons. The molecule has 2 heterocycles. The van der Waals surface area contributed by atoms with E-state index in [1.54, 1.807) is 0 Å². The molecule has 2 aliphatic heterocycles. The monoisotopic (exact) mass is 491 g/mol. The van der Waals surface area contributed by atoms with Crippen LogP contribution in [0.1, 0.15) is 37.2 Å². The number of urea groups is 2. The molecule has 2 aliphatic rings. The van der Waals surface area contributed by atoms with E-state index in [9.17, 15) is 36.3 Å². The Labute approximate surface area is 192 Å². The molecule has 1 aromatic rings. The maximum absolute atomic E-state index is 14.3. The van der Waals surface area contributed by atoms with Crippen molar-refractivity contribution in [3.63, 3.8) is 0 Å².